The number of hydrogen-bond donors (Lipinski definition) is 3. The van der Waals surface area contributed by atoms with Crippen molar-refractivity contribution in [3.8, 4) is 0 Å². The molecule has 0 fully saturated rings. The number of benzene rings is 1. The monoisotopic (exact) mass is 138 g/mol. The van der Waals surface area contributed by atoms with Gasteiger partial charge in [0.15, 0.2) is 0 Å². The van der Waals surface area contributed by atoms with Crippen LogP contribution in [-0.2, 0) is 6.54 Å². The molecule has 0 radical (unpaired) electrons. The van der Waals surface area contributed by atoms with Gasteiger partial charge in [0.25, 0.3) is 0 Å². The van der Waals surface area contributed by atoms with Gasteiger partial charge in [-0.05, 0) is 0 Å². The van der Waals surface area contributed by atoms with Crippen LogP contribution in [0.2, 0.25) is 0 Å². The maximum Gasteiger partial charge on any atom is 0.138 e. The van der Waals surface area contributed by atoms with Crippen molar-refractivity contribution in [2.75, 3.05) is 0 Å². The van der Waals surface area contributed by atoms with Crippen LogP contribution in [0.1, 0.15) is 5.56 Å². The molecule has 0 spiro atoms. The van der Waals surface area contributed by atoms with Crippen LogP contribution in [-0.4, -0.2) is 0 Å². The molecule has 0 aromatic heterocycles. The van der Waals surface area contributed by atoms with Crippen molar-refractivity contribution >= 4 is 0 Å². The third-order valence-electron chi connectivity index (χ3n) is 1.25. The first-order valence-corrected chi connectivity index (χ1v) is 3.20. The smallest absolute Gasteiger partial charge is 0.138 e. The Balaban J connectivity index is 2.59. The van der Waals surface area contributed by atoms with Crippen molar-refractivity contribution in [3.05, 3.63) is 35.9 Å². The molecule has 0 bridgehead atoms. The van der Waals surface area contributed by atoms with E-state index in [9.17, 15) is 0 Å². The second-order valence-corrected chi connectivity index (χ2v) is 2.24. The maximum atomic E-state index is 5.32. The molecule has 0 aliphatic heterocycles. The van der Waals surface area contributed by atoms with E-state index < -0.39 is 0 Å². The molecule has 1 rings (SSSR count). The van der Waals surface area contributed by atoms with Gasteiger partial charge in [0, 0.05) is 5.56 Å². The lowest BCUT2D eigenvalue weighted by Crippen LogP contribution is -3.21. The molecule has 0 amide bonds. The van der Waals surface area contributed by atoms with Crippen molar-refractivity contribution in [1.82, 2.24) is 0 Å². The zero-order valence-corrected chi connectivity index (χ0v) is 5.75. The van der Waals surface area contributed by atoms with E-state index in [0.29, 0.717) is 11.7 Å². The molecule has 10 heavy (non-hydrogen) atoms. The normalized spacial score (nSPS) is 10.3. The Kier molecular flexibility index (Phi) is 2.39. The average molecular weight is 138 g/mol. The molecule has 0 saturated carbocycles. The van der Waals surface area contributed by atoms with Gasteiger partial charge in [-0.1, -0.05) is 30.3 Å². The third-order valence-corrected chi connectivity index (χ3v) is 1.25. The lowest BCUT2D eigenvalue weighted by atomic mass is 10.2. The summed E-state index contributed by atoms with van der Waals surface area (Å²) in [6, 6.07) is 9.91. The van der Waals surface area contributed by atoms with E-state index in [1.54, 1.807) is 0 Å². The zero-order valence-electron chi connectivity index (χ0n) is 5.75. The lowest BCUT2D eigenvalue weighted by molar-refractivity contribution is -0.938. The molecular weight excluding hydrogens is 126 g/mol. The largest absolute Gasteiger partial charge is 0.183 e. The topological polar surface area (TPSA) is 56.5 Å². The van der Waals surface area contributed by atoms with Gasteiger partial charge in [0.2, 0.25) is 0 Å². The summed E-state index contributed by atoms with van der Waals surface area (Å²) in [5.41, 5.74) is 1.16. The Bertz CT molecular complexity index is 183. The summed E-state index contributed by atoms with van der Waals surface area (Å²) in [6.45, 7) is 0.667. The van der Waals surface area contributed by atoms with Crippen molar-refractivity contribution in [3.63, 3.8) is 0 Å². The molecule has 0 aliphatic rings. The Morgan fingerprint density at radius 2 is 1.70 bits per heavy atom. The summed E-state index contributed by atoms with van der Waals surface area (Å²) in [6.07, 6.45) is 0. The standard InChI is InChI=1S/C7H11N3/c8-10(9)6-7-4-2-1-3-5-7/h1-5H,6,8-9H2/p+1. The average Bonchev–Trinajstić information content (AvgIpc) is 1.88. The summed E-state index contributed by atoms with van der Waals surface area (Å²) in [7, 11) is 0. The van der Waals surface area contributed by atoms with Crippen molar-refractivity contribution in [1.29, 1.82) is 0 Å². The number of quaternary nitrogens is 1. The number of rotatable bonds is 2. The molecule has 5 N–H and O–H groups in total. The van der Waals surface area contributed by atoms with Crippen LogP contribution in [0, 0.1) is 0 Å². The van der Waals surface area contributed by atoms with Crippen LogP contribution in [0.4, 0.5) is 0 Å². The Morgan fingerprint density at radius 1 is 1.10 bits per heavy atom. The second-order valence-electron chi connectivity index (χ2n) is 2.24. The van der Waals surface area contributed by atoms with Crippen molar-refractivity contribution in [2.24, 2.45) is 11.7 Å². The molecule has 0 saturated heterocycles. The lowest BCUT2D eigenvalue weighted by Gasteiger charge is -2.03. The van der Waals surface area contributed by atoms with E-state index >= 15 is 0 Å². The van der Waals surface area contributed by atoms with E-state index in [-0.39, 0.29) is 0 Å². The Morgan fingerprint density at radius 3 is 2.20 bits per heavy atom. The van der Waals surface area contributed by atoms with Gasteiger partial charge in [-0.3, -0.25) is 0 Å². The first-order valence-electron chi connectivity index (χ1n) is 3.20. The fraction of sp³-hybridized carbons (Fsp3) is 0.143. The molecular formula is C7H12N3+. The number of nitrogens with two attached hydrogens (primary N) is 2. The molecule has 0 unspecified atom stereocenters. The van der Waals surface area contributed by atoms with Gasteiger partial charge in [-0.2, -0.15) is 16.8 Å². The van der Waals surface area contributed by atoms with Gasteiger partial charge in [0.1, 0.15) is 6.54 Å². The number of hydrogen-bond acceptors (Lipinski definition) is 2. The fourth-order valence-electron chi connectivity index (χ4n) is 0.832. The van der Waals surface area contributed by atoms with Crippen LogP contribution < -0.4 is 16.8 Å². The highest BCUT2D eigenvalue weighted by atomic mass is 15.6. The minimum absolute atomic E-state index is 0.464. The molecule has 1 aromatic rings. The summed E-state index contributed by atoms with van der Waals surface area (Å²) in [4.78, 5) is 0. The molecule has 54 valence electrons. The molecule has 1 aromatic carbocycles. The minimum Gasteiger partial charge on any atom is -0.183 e. The summed E-state index contributed by atoms with van der Waals surface area (Å²) in [5, 5.41) is 0.464. The highest BCUT2D eigenvalue weighted by Crippen LogP contribution is 1.93. The summed E-state index contributed by atoms with van der Waals surface area (Å²) in [5.74, 6) is 10.6. The minimum atomic E-state index is 0.464. The van der Waals surface area contributed by atoms with Crippen LogP contribution in [0.25, 0.3) is 0 Å². The van der Waals surface area contributed by atoms with Crippen LogP contribution >= 0.6 is 0 Å². The SMILES string of the molecule is N[NH+](N)Cc1ccccc1. The molecule has 0 aliphatic carbocycles. The predicted octanol–water partition coefficient (Wildman–Crippen LogP) is -1.18. The first-order chi connectivity index (χ1) is 4.79. The second kappa shape index (κ2) is 3.31. The molecule has 3 heteroatoms. The van der Waals surface area contributed by atoms with E-state index in [4.69, 9.17) is 11.7 Å². The fourth-order valence-corrected chi connectivity index (χ4v) is 0.832. The number of nitrogens with one attached hydrogen (secondary N) is 1. The molecule has 0 atom stereocenters. The summed E-state index contributed by atoms with van der Waals surface area (Å²) < 4.78 is 0. The van der Waals surface area contributed by atoms with Gasteiger partial charge in [-0.25, -0.2) is 0 Å². The quantitative estimate of drug-likeness (QED) is 0.356. The highest BCUT2D eigenvalue weighted by molar-refractivity contribution is 5.12. The van der Waals surface area contributed by atoms with Gasteiger partial charge < -0.3 is 0 Å². The van der Waals surface area contributed by atoms with Crippen molar-refractivity contribution < 1.29 is 5.12 Å². The van der Waals surface area contributed by atoms with Crippen LogP contribution in [0.5, 0.6) is 0 Å². The van der Waals surface area contributed by atoms with Gasteiger partial charge >= 0.3 is 0 Å². The molecule has 3 nitrogen and oxygen atoms in total. The first kappa shape index (κ1) is 7.21. The van der Waals surface area contributed by atoms with E-state index in [0.717, 1.165) is 5.56 Å². The predicted molar refractivity (Wildman–Crippen MR) is 39.5 cm³/mol. The van der Waals surface area contributed by atoms with Crippen molar-refractivity contribution in [2.45, 2.75) is 6.54 Å². The van der Waals surface area contributed by atoms with E-state index in [1.807, 2.05) is 30.3 Å². The molecule has 0 heterocycles. The van der Waals surface area contributed by atoms with Crippen LogP contribution in [0.15, 0.2) is 30.3 Å². The maximum absolute atomic E-state index is 5.32. The Labute approximate surface area is 60.2 Å². The van der Waals surface area contributed by atoms with E-state index in [2.05, 4.69) is 0 Å². The zero-order chi connectivity index (χ0) is 7.40. The van der Waals surface area contributed by atoms with Gasteiger partial charge in [-0.15, -0.1) is 0 Å². The third kappa shape index (κ3) is 2.14. The van der Waals surface area contributed by atoms with Crippen LogP contribution in [0.3, 0.4) is 0 Å². The van der Waals surface area contributed by atoms with E-state index in [1.165, 1.54) is 0 Å². The van der Waals surface area contributed by atoms with Gasteiger partial charge in [0.05, 0.1) is 0 Å². The highest BCUT2D eigenvalue weighted by Gasteiger charge is 1.95. The summed E-state index contributed by atoms with van der Waals surface area (Å²) >= 11 is 0. The Hall–Kier alpha value is -0.900.